The second kappa shape index (κ2) is 9.07. The number of anilines is 1. The molecule has 0 saturated carbocycles. The van der Waals surface area contributed by atoms with Crippen LogP contribution in [0.4, 0.5) is 10.1 Å². The number of nitrogens with zero attached hydrogens (tertiary/aromatic N) is 4. The molecule has 1 aliphatic rings. The Morgan fingerprint density at radius 1 is 1.20 bits per heavy atom. The van der Waals surface area contributed by atoms with E-state index in [-0.39, 0.29) is 17.7 Å². The maximum Gasteiger partial charge on any atom is 0.307 e. The number of hydrogen-bond acceptors (Lipinski definition) is 5. The van der Waals surface area contributed by atoms with Crippen LogP contribution in [0.2, 0.25) is 0 Å². The van der Waals surface area contributed by atoms with Crippen LogP contribution in [0.15, 0.2) is 42.7 Å². The fourth-order valence-electron chi connectivity index (χ4n) is 4.75. The molecule has 4 heterocycles. The number of pyridine rings is 1. The van der Waals surface area contributed by atoms with E-state index in [1.165, 1.54) is 12.1 Å². The van der Waals surface area contributed by atoms with Crippen LogP contribution in [-0.4, -0.2) is 38.8 Å². The number of aliphatic carboxylic acids is 1. The van der Waals surface area contributed by atoms with Gasteiger partial charge in [0.1, 0.15) is 16.5 Å². The van der Waals surface area contributed by atoms with Crippen molar-refractivity contribution in [2.45, 2.75) is 46.5 Å². The van der Waals surface area contributed by atoms with E-state index in [0.29, 0.717) is 6.42 Å². The number of aryl methyl sites for hydroxylation is 1. The van der Waals surface area contributed by atoms with Crippen molar-refractivity contribution < 1.29 is 14.3 Å². The van der Waals surface area contributed by atoms with E-state index in [9.17, 15) is 14.3 Å². The van der Waals surface area contributed by atoms with Crippen LogP contribution in [0.1, 0.15) is 48.3 Å². The number of thiazole rings is 1. The van der Waals surface area contributed by atoms with Crippen molar-refractivity contribution in [2.75, 3.05) is 18.0 Å². The monoisotopic (exact) mass is 492 g/mol. The predicted octanol–water partition coefficient (Wildman–Crippen LogP) is 5.75. The molecule has 0 unspecified atom stereocenters. The van der Waals surface area contributed by atoms with E-state index < -0.39 is 5.97 Å². The second-order valence-electron chi connectivity index (χ2n) is 10.2. The molecule has 5 rings (SSSR count). The van der Waals surface area contributed by atoms with Gasteiger partial charge in [0.15, 0.2) is 0 Å². The first kappa shape index (κ1) is 23.5. The van der Waals surface area contributed by atoms with Crippen LogP contribution in [0, 0.1) is 18.2 Å². The molecule has 35 heavy (non-hydrogen) atoms. The minimum atomic E-state index is -0.832. The summed E-state index contributed by atoms with van der Waals surface area (Å²) in [7, 11) is 0. The second-order valence-corrected chi connectivity index (χ2v) is 11.3. The van der Waals surface area contributed by atoms with Gasteiger partial charge < -0.3 is 10.0 Å². The van der Waals surface area contributed by atoms with Gasteiger partial charge in [-0.05, 0) is 60.1 Å². The molecule has 6 nitrogen and oxygen atoms in total. The molecule has 0 amide bonds. The van der Waals surface area contributed by atoms with Gasteiger partial charge in [-0.2, -0.15) is 5.10 Å². The first-order valence-corrected chi connectivity index (χ1v) is 12.7. The molecule has 182 valence electrons. The van der Waals surface area contributed by atoms with E-state index in [1.54, 1.807) is 23.5 Å². The lowest BCUT2D eigenvalue weighted by Crippen LogP contribution is -2.38. The van der Waals surface area contributed by atoms with Crippen molar-refractivity contribution in [1.82, 2.24) is 14.6 Å². The SMILES string of the molecule is Cc1cn2nc(-c3ncc(Cc4ccc(F)cc4)s3)cc2c(N2CCC(C)(C)CC2)c1CC(=O)O. The normalized spacial score (nSPS) is 15.6. The standard InChI is InChI=1S/C27H29FN4O2S/c1-17-16-32-23(25(21(17)13-24(33)34)31-10-8-27(2,3)9-11-31)14-22(30-32)26-29-15-20(35-26)12-18-4-6-19(28)7-5-18/h4-7,14-16H,8-13H2,1-3H3,(H,33,34). The Kier molecular flexibility index (Phi) is 6.09. The van der Waals surface area contributed by atoms with E-state index in [2.05, 4.69) is 23.7 Å². The largest absolute Gasteiger partial charge is 0.481 e. The number of aromatic nitrogens is 3. The molecule has 0 spiro atoms. The number of carboxylic acids is 1. The summed E-state index contributed by atoms with van der Waals surface area (Å²) >= 11 is 1.57. The molecule has 1 saturated heterocycles. The average molecular weight is 493 g/mol. The maximum absolute atomic E-state index is 13.2. The molecule has 0 atom stereocenters. The molecule has 4 aromatic rings. The number of rotatable bonds is 6. The van der Waals surface area contributed by atoms with E-state index in [1.807, 2.05) is 29.9 Å². The average Bonchev–Trinajstić information content (AvgIpc) is 3.43. The number of halogens is 1. The molecule has 1 N–H and O–H groups in total. The Balaban J connectivity index is 1.52. The maximum atomic E-state index is 13.2. The van der Waals surface area contributed by atoms with Gasteiger partial charge in [-0.15, -0.1) is 11.3 Å². The molecule has 0 bridgehead atoms. The van der Waals surface area contributed by atoms with Crippen molar-refractivity contribution >= 4 is 28.5 Å². The summed E-state index contributed by atoms with van der Waals surface area (Å²) in [6.07, 6.45) is 6.54. The number of fused-ring (bicyclic) bond motifs is 1. The molecule has 1 aromatic carbocycles. The van der Waals surface area contributed by atoms with Crippen molar-refractivity contribution in [3.8, 4) is 10.7 Å². The third-order valence-electron chi connectivity index (χ3n) is 6.88. The van der Waals surface area contributed by atoms with Gasteiger partial charge in [0.25, 0.3) is 0 Å². The lowest BCUT2D eigenvalue weighted by Gasteiger charge is -2.39. The van der Waals surface area contributed by atoms with Gasteiger partial charge in [-0.25, -0.2) is 13.9 Å². The third-order valence-corrected chi connectivity index (χ3v) is 7.90. The van der Waals surface area contributed by atoms with Crippen molar-refractivity contribution in [3.63, 3.8) is 0 Å². The number of hydrogen-bond donors (Lipinski definition) is 1. The van der Waals surface area contributed by atoms with Crippen molar-refractivity contribution in [3.05, 3.63) is 70.1 Å². The Morgan fingerprint density at radius 3 is 2.60 bits per heavy atom. The third kappa shape index (κ3) is 4.93. The van der Waals surface area contributed by atoms with Gasteiger partial charge >= 0.3 is 5.97 Å². The summed E-state index contributed by atoms with van der Waals surface area (Å²) in [5.74, 6) is -1.07. The van der Waals surface area contributed by atoms with Gasteiger partial charge in [-0.3, -0.25) is 4.79 Å². The minimum Gasteiger partial charge on any atom is -0.481 e. The van der Waals surface area contributed by atoms with E-state index in [0.717, 1.165) is 69.4 Å². The first-order valence-electron chi connectivity index (χ1n) is 11.9. The highest BCUT2D eigenvalue weighted by atomic mass is 32.1. The number of carboxylic acid groups (broad SMARTS) is 1. The summed E-state index contributed by atoms with van der Waals surface area (Å²) in [5, 5.41) is 15.3. The zero-order valence-corrected chi connectivity index (χ0v) is 21.0. The predicted molar refractivity (Wildman–Crippen MR) is 137 cm³/mol. The number of benzene rings is 1. The molecule has 1 fully saturated rings. The highest BCUT2D eigenvalue weighted by molar-refractivity contribution is 7.15. The van der Waals surface area contributed by atoms with Crippen LogP contribution in [0.25, 0.3) is 16.2 Å². The highest BCUT2D eigenvalue weighted by Gasteiger charge is 2.29. The lowest BCUT2D eigenvalue weighted by molar-refractivity contribution is -0.136. The fraction of sp³-hybridized carbons (Fsp3) is 0.370. The smallest absolute Gasteiger partial charge is 0.307 e. The summed E-state index contributed by atoms with van der Waals surface area (Å²) < 4.78 is 15.1. The molecule has 0 aliphatic carbocycles. The van der Waals surface area contributed by atoms with Crippen LogP contribution in [0.3, 0.4) is 0 Å². The zero-order valence-electron chi connectivity index (χ0n) is 20.2. The van der Waals surface area contributed by atoms with Gasteiger partial charge in [0.2, 0.25) is 0 Å². The Morgan fingerprint density at radius 2 is 1.91 bits per heavy atom. The summed E-state index contributed by atoms with van der Waals surface area (Å²) in [6, 6.07) is 8.55. The quantitative estimate of drug-likeness (QED) is 0.371. The summed E-state index contributed by atoms with van der Waals surface area (Å²) in [5.41, 5.74) is 5.75. The Labute approximate surface area is 208 Å². The first-order chi connectivity index (χ1) is 16.7. The fourth-order valence-corrected chi connectivity index (χ4v) is 5.65. The van der Waals surface area contributed by atoms with E-state index in [4.69, 9.17) is 5.10 Å². The highest BCUT2D eigenvalue weighted by Crippen LogP contribution is 2.38. The van der Waals surface area contributed by atoms with Gasteiger partial charge in [0.05, 0.1) is 17.6 Å². The molecule has 8 heteroatoms. The van der Waals surface area contributed by atoms with Crippen LogP contribution < -0.4 is 4.90 Å². The number of carbonyl (C=O) groups is 1. The van der Waals surface area contributed by atoms with Gasteiger partial charge in [0, 0.05) is 36.8 Å². The lowest BCUT2D eigenvalue weighted by atomic mass is 9.82. The number of piperidine rings is 1. The van der Waals surface area contributed by atoms with Crippen LogP contribution in [-0.2, 0) is 17.6 Å². The molecule has 3 aromatic heterocycles. The topological polar surface area (TPSA) is 70.7 Å². The van der Waals surface area contributed by atoms with E-state index >= 15 is 0 Å². The Hall–Kier alpha value is -3.26. The van der Waals surface area contributed by atoms with Crippen LogP contribution in [0.5, 0.6) is 0 Å². The molecule has 1 aliphatic heterocycles. The molecule has 0 radical (unpaired) electrons. The van der Waals surface area contributed by atoms with Gasteiger partial charge in [-0.1, -0.05) is 26.0 Å². The molecular formula is C27H29FN4O2S. The van der Waals surface area contributed by atoms with Crippen LogP contribution >= 0.6 is 11.3 Å². The zero-order chi connectivity index (χ0) is 24.7. The minimum absolute atomic E-state index is 0.0167. The Bertz CT molecular complexity index is 1380. The summed E-state index contributed by atoms with van der Waals surface area (Å²) in [6.45, 7) is 8.31. The van der Waals surface area contributed by atoms with Crippen molar-refractivity contribution in [1.29, 1.82) is 0 Å². The van der Waals surface area contributed by atoms with Crippen molar-refractivity contribution in [2.24, 2.45) is 5.41 Å². The summed E-state index contributed by atoms with van der Waals surface area (Å²) in [4.78, 5) is 19.7. The molecular weight excluding hydrogens is 463 g/mol.